The molecule has 2 aromatic heterocycles. The molecule has 0 spiro atoms. The maximum atomic E-state index is 11.7. The Morgan fingerprint density at radius 1 is 1.56 bits per heavy atom. The Morgan fingerprint density at radius 2 is 2.38 bits per heavy atom. The highest BCUT2D eigenvalue weighted by atomic mass is 32.2. The van der Waals surface area contributed by atoms with Crippen molar-refractivity contribution in [2.45, 2.75) is 11.4 Å². The second-order valence-corrected chi connectivity index (χ2v) is 4.70. The molecule has 0 saturated heterocycles. The predicted molar refractivity (Wildman–Crippen MR) is 53.5 cm³/mol. The number of rotatable bonds is 4. The van der Waals surface area contributed by atoms with Crippen LogP contribution < -0.4 is 10.5 Å². The van der Waals surface area contributed by atoms with Crippen molar-refractivity contribution in [1.82, 2.24) is 20.1 Å². The van der Waals surface area contributed by atoms with Gasteiger partial charge in [-0.2, -0.15) is 5.10 Å². The molecule has 2 heterocycles. The van der Waals surface area contributed by atoms with E-state index in [0.29, 0.717) is 5.69 Å². The van der Waals surface area contributed by atoms with E-state index >= 15 is 0 Å². The summed E-state index contributed by atoms with van der Waals surface area (Å²) in [6.07, 6.45) is 2.50. The normalized spacial score (nSPS) is 11.8. The Bertz CT molecular complexity index is 559. The third kappa shape index (κ3) is 2.04. The number of aromatic nitrogens is 3. The van der Waals surface area contributed by atoms with Gasteiger partial charge in [0, 0.05) is 6.07 Å². The lowest BCUT2D eigenvalue weighted by Gasteiger charge is -2.02. The molecule has 16 heavy (non-hydrogen) atoms. The van der Waals surface area contributed by atoms with Gasteiger partial charge in [-0.05, 0) is 0 Å². The van der Waals surface area contributed by atoms with Gasteiger partial charge in [0.05, 0.1) is 18.4 Å². The van der Waals surface area contributed by atoms with Gasteiger partial charge in [-0.3, -0.25) is 5.10 Å². The van der Waals surface area contributed by atoms with Gasteiger partial charge < -0.3 is 10.3 Å². The number of anilines is 1. The van der Waals surface area contributed by atoms with Crippen LogP contribution in [0.3, 0.4) is 0 Å². The van der Waals surface area contributed by atoms with E-state index in [1.165, 1.54) is 6.26 Å². The number of sulfonamides is 1. The van der Waals surface area contributed by atoms with Gasteiger partial charge in [-0.25, -0.2) is 13.1 Å². The fraction of sp³-hybridized carbons (Fsp3) is 0.143. The summed E-state index contributed by atoms with van der Waals surface area (Å²) in [5.41, 5.74) is 5.88. The predicted octanol–water partition coefficient (Wildman–Crippen LogP) is -0.542. The number of nitrogens with two attached hydrogens (primary N) is 1. The zero-order valence-corrected chi connectivity index (χ0v) is 8.86. The summed E-state index contributed by atoms with van der Waals surface area (Å²) < 4.78 is 30.3. The Labute approximate surface area is 90.9 Å². The summed E-state index contributed by atoms with van der Waals surface area (Å²) in [4.78, 5) is -0.0870. The molecule has 2 aromatic rings. The van der Waals surface area contributed by atoms with E-state index in [2.05, 4.69) is 24.6 Å². The molecular weight excluding hydrogens is 234 g/mol. The quantitative estimate of drug-likeness (QED) is 0.661. The zero-order valence-electron chi connectivity index (χ0n) is 8.04. The van der Waals surface area contributed by atoms with Crippen molar-refractivity contribution in [3.05, 3.63) is 24.2 Å². The first kappa shape index (κ1) is 10.6. The Balaban J connectivity index is 2.13. The second kappa shape index (κ2) is 3.94. The minimum Gasteiger partial charge on any atom is -0.383 e. The SMILES string of the molecule is Nc1[nH]ncc1S(=O)(=O)NCc1ccon1. The maximum absolute atomic E-state index is 11.7. The Kier molecular flexibility index (Phi) is 2.62. The second-order valence-electron chi connectivity index (χ2n) is 2.96. The molecule has 0 aliphatic heterocycles. The molecule has 4 N–H and O–H groups in total. The molecule has 8 nitrogen and oxygen atoms in total. The molecular formula is C7H9N5O3S. The van der Waals surface area contributed by atoms with Crippen molar-refractivity contribution in [2.75, 3.05) is 5.73 Å². The lowest BCUT2D eigenvalue weighted by molar-refractivity contribution is 0.411. The van der Waals surface area contributed by atoms with Crippen LogP contribution in [0.2, 0.25) is 0 Å². The summed E-state index contributed by atoms with van der Waals surface area (Å²) in [6.45, 7) is 0.0312. The average molecular weight is 243 g/mol. The van der Waals surface area contributed by atoms with E-state index in [0.717, 1.165) is 6.20 Å². The van der Waals surface area contributed by atoms with E-state index in [4.69, 9.17) is 5.73 Å². The molecule has 0 amide bonds. The summed E-state index contributed by atoms with van der Waals surface area (Å²) in [5, 5.41) is 9.44. The van der Waals surface area contributed by atoms with Crippen LogP contribution in [-0.2, 0) is 16.6 Å². The first-order chi connectivity index (χ1) is 7.59. The Hall–Kier alpha value is -1.87. The van der Waals surface area contributed by atoms with E-state index < -0.39 is 10.0 Å². The monoisotopic (exact) mass is 243 g/mol. The van der Waals surface area contributed by atoms with Crippen LogP contribution in [0.15, 0.2) is 27.9 Å². The van der Waals surface area contributed by atoms with E-state index in [1.54, 1.807) is 6.07 Å². The van der Waals surface area contributed by atoms with Crippen LogP contribution in [0.25, 0.3) is 0 Å². The van der Waals surface area contributed by atoms with Gasteiger partial charge >= 0.3 is 0 Å². The summed E-state index contributed by atoms with van der Waals surface area (Å²) >= 11 is 0. The summed E-state index contributed by atoms with van der Waals surface area (Å²) in [6, 6.07) is 1.56. The number of nitrogens with one attached hydrogen (secondary N) is 2. The molecule has 0 radical (unpaired) electrons. The number of H-pyrrole nitrogens is 1. The fourth-order valence-corrected chi connectivity index (χ4v) is 2.09. The molecule has 0 aliphatic rings. The number of nitrogens with zero attached hydrogens (tertiary/aromatic N) is 2. The van der Waals surface area contributed by atoms with Gasteiger partial charge in [0.2, 0.25) is 10.0 Å². The molecule has 2 rings (SSSR count). The lowest BCUT2D eigenvalue weighted by atomic mass is 10.5. The van der Waals surface area contributed by atoms with Crippen LogP contribution >= 0.6 is 0 Å². The van der Waals surface area contributed by atoms with Crippen molar-refractivity contribution in [1.29, 1.82) is 0 Å². The minimum atomic E-state index is -3.67. The van der Waals surface area contributed by atoms with E-state index in [9.17, 15) is 8.42 Å². The molecule has 0 saturated carbocycles. The summed E-state index contributed by atoms with van der Waals surface area (Å²) in [5.74, 6) is -0.00680. The average Bonchev–Trinajstić information content (AvgIpc) is 2.85. The van der Waals surface area contributed by atoms with Gasteiger partial charge in [-0.1, -0.05) is 5.16 Å². The third-order valence-electron chi connectivity index (χ3n) is 1.86. The van der Waals surface area contributed by atoms with Gasteiger partial charge in [-0.15, -0.1) is 0 Å². The topological polar surface area (TPSA) is 127 Å². The molecule has 0 unspecified atom stereocenters. The Morgan fingerprint density at radius 3 is 2.94 bits per heavy atom. The lowest BCUT2D eigenvalue weighted by Crippen LogP contribution is -2.23. The molecule has 0 bridgehead atoms. The minimum absolute atomic E-state index is 0.00680. The van der Waals surface area contributed by atoms with Gasteiger partial charge in [0.25, 0.3) is 0 Å². The summed E-state index contributed by atoms with van der Waals surface area (Å²) in [7, 11) is -3.67. The van der Waals surface area contributed by atoms with Crippen LogP contribution in [0.4, 0.5) is 5.82 Å². The largest absolute Gasteiger partial charge is 0.383 e. The van der Waals surface area contributed by atoms with E-state index in [1.807, 2.05) is 0 Å². The number of nitrogen functional groups attached to an aromatic ring is 1. The van der Waals surface area contributed by atoms with Crippen LogP contribution in [-0.4, -0.2) is 23.8 Å². The highest BCUT2D eigenvalue weighted by Gasteiger charge is 2.19. The number of hydrogen-bond acceptors (Lipinski definition) is 6. The fourth-order valence-electron chi connectivity index (χ4n) is 1.07. The molecule has 0 atom stereocenters. The van der Waals surface area contributed by atoms with Crippen LogP contribution in [0, 0.1) is 0 Å². The van der Waals surface area contributed by atoms with Gasteiger partial charge in [0.1, 0.15) is 17.0 Å². The van der Waals surface area contributed by atoms with Crippen molar-refractivity contribution >= 4 is 15.8 Å². The van der Waals surface area contributed by atoms with Crippen molar-refractivity contribution in [3.8, 4) is 0 Å². The van der Waals surface area contributed by atoms with E-state index in [-0.39, 0.29) is 17.3 Å². The zero-order chi connectivity index (χ0) is 11.6. The third-order valence-corrected chi connectivity index (χ3v) is 3.29. The smallest absolute Gasteiger partial charge is 0.246 e. The highest BCUT2D eigenvalue weighted by molar-refractivity contribution is 7.89. The molecule has 0 aromatic carbocycles. The maximum Gasteiger partial charge on any atom is 0.246 e. The first-order valence-electron chi connectivity index (χ1n) is 4.27. The van der Waals surface area contributed by atoms with Crippen molar-refractivity contribution < 1.29 is 12.9 Å². The van der Waals surface area contributed by atoms with Crippen molar-refractivity contribution in [3.63, 3.8) is 0 Å². The molecule has 0 fully saturated rings. The highest BCUT2D eigenvalue weighted by Crippen LogP contribution is 2.13. The first-order valence-corrected chi connectivity index (χ1v) is 5.75. The standard InChI is InChI=1S/C7H9N5O3S/c8-7-6(4-9-11-7)16(13,14)10-3-5-1-2-15-12-5/h1-2,4,10H,3H2,(H3,8,9,11). The van der Waals surface area contributed by atoms with Crippen LogP contribution in [0.1, 0.15) is 5.69 Å². The number of hydrogen-bond donors (Lipinski definition) is 3. The molecule has 86 valence electrons. The van der Waals surface area contributed by atoms with Gasteiger partial charge in [0.15, 0.2) is 0 Å². The molecule has 9 heteroatoms. The number of aromatic amines is 1. The molecule has 0 aliphatic carbocycles. The van der Waals surface area contributed by atoms with Crippen LogP contribution in [0.5, 0.6) is 0 Å². The van der Waals surface area contributed by atoms with Crippen molar-refractivity contribution in [2.24, 2.45) is 0 Å².